The van der Waals surface area contributed by atoms with Gasteiger partial charge in [0.15, 0.2) is 15.3 Å². The van der Waals surface area contributed by atoms with E-state index in [1.807, 2.05) is 19.9 Å². The normalized spacial score (nSPS) is 19.0. The highest BCUT2D eigenvalue weighted by molar-refractivity contribution is 8.01. The van der Waals surface area contributed by atoms with E-state index in [0.717, 1.165) is 11.3 Å². The quantitative estimate of drug-likeness (QED) is 0.430. The molecule has 4 heterocycles. The van der Waals surface area contributed by atoms with Crippen LogP contribution in [0.1, 0.15) is 38.2 Å². The number of ketones is 1. The van der Waals surface area contributed by atoms with Gasteiger partial charge in [0.1, 0.15) is 5.82 Å². The van der Waals surface area contributed by atoms with Crippen molar-refractivity contribution in [1.82, 2.24) is 20.2 Å². The molecule has 2 aliphatic rings. The lowest BCUT2D eigenvalue weighted by molar-refractivity contribution is -0.118. The summed E-state index contributed by atoms with van der Waals surface area (Å²) in [5.41, 5.74) is 8.60. The zero-order chi connectivity index (χ0) is 26.2. The van der Waals surface area contributed by atoms with Crippen molar-refractivity contribution in [1.29, 1.82) is 5.26 Å². The van der Waals surface area contributed by atoms with Crippen molar-refractivity contribution in [3.05, 3.63) is 64.3 Å². The van der Waals surface area contributed by atoms with E-state index in [0.29, 0.717) is 33.0 Å². The third-order valence-electron chi connectivity index (χ3n) is 5.99. The molecule has 1 atom stereocenters. The molecule has 5 rings (SSSR count). The van der Waals surface area contributed by atoms with Crippen molar-refractivity contribution in [3.63, 3.8) is 0 Å². The van der Waals surface area contributed by atoms with Crippen molar-refractivity contribution in [2.24, 2.45) is 11.1 Å². The van der Waals surface area contributed by atoms with Crippen LogP contribution in [-0.4, -0.2) is 37.6 Å². The fraction of sp³-hybridized carbons (Fsp3) is 0.292. The fourth-order valence-corrected chi connectivity index (χ4v) is 6.75. The van der Waals surface area contributed by atoms with Crippen molar-refractivity contribution >= 4 is 56.4 Å². The molecule has 0 saturated carbocycles. The lowest BCUT2D eigenvalue weighted by Crippen LogP contribution is -2.42. The molecule has 0 aromatic carbocycles. The topological polar surface area (TPSA) is 151 Å². The Bertz CT molecular complexity index is 1450. The molecule has 0 bridgehead atoms. The van der Waals surface area contributed by atoms with Crippen LogP contribution in [-0.2, 0) is 9.59 Å². The molecule has 0 spiro atoms. The van der Waals surface area contributed by atoms with Crippen molar-refractivity contribution in [2.45, 2.75) is 36.9 Å². The smallest absolute Gasteiger partial charge is 0.236 e. The summed E-state index contributed by atoms with van der Waals surface area (Å²) in [4.78, 5) is 35.7. The summed E-state index contributed by atoms with van der Waals surface area (Å²) < 4.78 is 0.563. The number of amides is 1. The summed E-state index contributed by atoms with van der Waals surface area (Å²) in [6.45, 7) is 4.07. The highest BCUT2D eigenvalue weighted by atomic mass is 32.2. The number of anilines is 2. The number of thioether (sulfide) groups is 1. The third-order valence-corrected chi connectivity index (χ3v) is 8.72. The first-order valence-electron chi connectivity index (χ1n) is 11.3. The van der Waals surface area contributed by atoms with Crippen LogP contribution >= 0.6 is 34.4 Å². The number of hydrogen-bond acceptors (Lipinski definition) is 12. The van der Waals surface area contributed by atoms with Crippen molar-refractivity contribution < 1.29 is 9.59 Å². The molecule has 188 valence electrons. The maximum absolute atomic E-state index is 13.5. The Kier molecular flexibility index (Phi) is 6.80. The van der Waals surface area contributed by atoms with Gasteiger partial charge >= 0.3 is 0 Å². The molecule has 37 heavy (non-hydrogen) atoms. The lowest BCUT2D eigenvalue weighted by Gasteiger charge is -2.42. The lowest BCUT2D eigenvalue weighted by atomic mass is 9.69. The standard InChI is InChI=1S/C24H22N8O2S3/c1-24(2)8-15-19(16(33)9-24)18(13-4-3-5-27-11-13)14(10-25)20(26)32(15)22-30-31-23(37-22)36-12-17(34)29-21-28-6-7-35-21/h3-7,11,18H,8-9,12,26H2,1-2H3,(H,28,29,34). The van der Waals surface area contributed by atoms with Crippen molar-refractivity contribution in [3.8, 4) is 6.07 Å². The molecule has 3 aromatic rings. The van der Waals surface area contributed by atoms with Gasteiger partial charge in [-0.1, -0.05) is 43.0 Å². The van der Waals surface area contributed by atoms with E-state index in [9.17, 15) is 14.9 Å². The molecule has 0 saturated heterocycles. The highest BCUT2D eigenvalue weighted by Gasteiger charge is 2.45. The molecule has 1 amide bonds. The second-order valence-corrected chi connectivity index (χ2v) is 12.4. The molecular formula is C24H22N8O2S3. The van der Waals surface area contributed by atoms with Crippen LogP contribution in [0.5, 0.6) is 0 Å². The number of rotatable bonds is 6. The number of pyridine rings is 1. The maximum atomic E-state index is 13.5. The number of nitriles is 1. The summed E-state index contributed by atoms with van der Waals surface area (Å²) in [5.74, 6) is -0.473. The molecule has 1 unspecified atom stereocenters. The van der Waals surface area contributed by atoms with Gasteiger partial charge in [-0.25, -0.2) is 4.98 Å². The number of hydrogen-bond donors (Lipinski definition) is 2. The summed E-state index contributed by atoms with van der Waals surface area (Å²) >= 11 is 3.83. The second kappa shape index (κ2) is 10.0. The average molecular weight is 551 g/mol. The molecule has 3 aromatic heterocycles. The van der Waals surface area contributed by atoms with Crippen LogP contribution in [0.4, 0.5) is 10.3 Å². The number of carbonyl (C=O) groups is 2. The zero-order valence-corrected chi connectivity index (χ0v) is 22.4. The van der Waals surface area contributed by atoms with Crippen LogP contribution in [0.25, 0.3) is 0 Å². The molecule has 3 N–H and O–H groups in total. The SMILES string of the molecule is CC1(C)CC(=O)C2=C(C1)N(c1nnc(SCC(=O)Nc3nccs3)s1)C(N)=C(C#N)C2c1cccnc1. The van der Waals surface area contributed by atoms with Gasteiger partial charge in [-0.3, -0.25) is 19.5 Å². The Balaban J connectivity index is 1.49. The van der Waals surface area contributed by atoms with Gasteiger partial charge in [0, 0.05) is 41.7 Å². The van der Waals surface area contributed by atoms with E-state index in [1.54, 1.807) is 34.9 Å². The van der Waals surface area contributed by atoms with Crippen LogP contribution in [0.15, 0.2) is 63.1 Å². The Hall–Kier alpha value is -3.60. The molecule has 1 aliphatic heterocycles. The Morgan fingerprint density at radius 3 is 2.89 bits per heavy atom. The van der Waals surface area contributed by atoms with Gasteiger partial charge in [0.05, 0.1) is 23.3 Å². The fourth-order valence-electron chi connectivity index (χ4n) is 4.53. The van der Waals surface area contributed by atoms with E-state index in [2.05, 4.69) is 31.6 Å². The number of allylic oxidation sites excluding steroid dienone is 3. The van der Waals surface area contributed by atoms with Crippen molar-refractivity contribution in [2.75, 3.05) is 16.0 Å². The number of thiazole rings is 1. The van der Waals surface area contributed by atoms with E-state index >= 15 is 0 Å². The van der Waals surface area contributed by atoms with Crippen LogP contribution in [0, 0.1) is 16.7 Å². The molecular weight excluding hydrogens is 529 g/mol. The first-order valence-corrected chi connectivity index (χ1v) is 14.0. The first-order chi connectivity index (χ1) is 17.8. The minimum atomic E-state index is -0.593. The van der Waals surface area contributed by atoms with E-state index in [-0.39, 0.29) is 34.3 Å². The Morgan fingerprint density at radius 1 is 1.35 bits per heavy atom. The zero-order valence-electron chi connectivity index (χ0n) is 20.0. The van der Waals surface area contributed by atoms with Gasteiger partial charge < -0.3 is 11.1 Å². The van der Waals surface area contributed by atoms with E-state index < -0.39 is 5.92 Å². The monoisotopic (exact) mass is 550 g/mol. The number of nitrogens with two attached hydrogens (primary N) is 1. The summed E-state index contributed by atoms with van der Waals surface area (Å²) in [6, 6.07) is 5.87. The minimum absolute atomic E-state index is 0.0247. The molecule has 0 radical (unpaired) electrons. The number of aromatic nitrogens is 4. The molecule has 1 aliphatic carbocycles. The number of Topliss-reactive ketones (excluding diaryl/α,β-unsaturated/α-hetero) is 1. The van der Waals surface area contributed by atoms with Crippen LogP contribution < -0.4 is 16.0 Å². The van der Waals surface area contributed by atoms with E-state index in [4.69, 9.17) is 5.73 Å². The minimum Gasteiger partial charge on any atom is -0.384 e. The molecule has 10 nitrogen and oxygen atoms in total. The van der Waals surface area contributed by atoms with Gasteiger partial charge in [-0.2, -0.15) is 5.26 Å². The average Bonchev–Trinajstić information content (AvgIpc) is 3.54. The van der Waals surface area contributed by atoms with Gasteiger partial charge in [0.25, 0.3) is 0 Å². The summed E-state index contributed by atoms with van der Waals surface area (Å²) in [7, 11) is 0. The molecule has 13 heteroatoms. The van der Waals surface area contributed by atoms with Gasteiger partial charge in [-0.05, 0) is 23.5 Å². The largest absolute Gasteiger partial charge is 0.384 e. The highest BCUT2D eigenvalue weighted by Crippen LogP contribution is 2.50. The Labute approximate surface area is 225 Å². The summed E-state index contributed by atoms with van der Waals surface area (Å²) in [6.07, 6.45) is 5.87. The van der Waals surface area contributed by atoms with Gasteiger partial charge in [-0.15, -0.1) is 21.5 Å². The third kappa shape index (κ3) is 5.00. The first kappa shape index (κ1) is 25.1. The predicted molar refractivity (Wildman–Crippen MR) is 143 cm³/mol. The van der Waals surface area contributed by atoms with Crippen LogP contribution in [0.3, 0.4) is 0 Å². The Morgan fingerprint density at radius 2 is 2.19 bits per heavy atom. The number of nitrogens with one attached hydrogen (secondary N) is 1. The summed E-state index contributed by atoms with van der Waals surface area (Å²) in [5, 5.41) is 24.2. The van der Waals surface area contributed by atoms with E-state index in [1.165, 1.54) is 34.4 Å². The maximum Gasteiger partial charge on any atom is 0.236 e. The molecule has 0 fully saturated rings. The van der Waals surface area contributed by atoms with Gasteiger partial charge in [0.2, 0.25) is 11.0 Å². The van der Waals surface area contributed by atoms with Crippen LogP contribution in [0.2, 0.25) is 0 Å². The second-order valence-electron chi connectivity index (χ2n) is 9.29. The number of nitrogens with zero attached hydrogens (tertiary/aromatic N) is 6. The predicted octanol–water partition coefficient (Wildman–Crippen LogP) is 4.06. The number of carbonyl (C=O) groups excluding carboxylic acids is 2.